The number of carbonyl (C=O) groups is 1. The molecule has 0 unspecified atom stereocenters. The van der Waals surface area contributed by atoms with Crippen LogP contribution in [0.3, 0.4) is 0 Å². The first-order valence-electron chi connectivity index (χ1n) is 7.56. The summed E-state index contributed by atoms with van der Waals surface area (Å²) in [6, 6.07) is 11.5. The molecule has 0 aliphatic rings. The van der Waals surface area contributed by atoms with Crippen LogP contribution in [-0.4, -0.2) is 57.5 Å². The molecule has 0 saturated carbocycles. The number of rotatable bonds is 9. The molecule has 0 bridgehead atoms. The second kappa shape index (κ2) is 8.97. The summed E-state index contributed by atoms with van der Waals surface area (Å²) in [6.45, 7) is 2.70. The molecule has 0 aliphatic carbocycles. The number of carboxylic acid groups (broad SMARTS) is 1. The molecule has 2 aromatic heterocycles. The molecule has 0 spiro atoms. The number of hydrogen-bond acceptors (Lipinski definition) is 5. The lowest BCUT2D eigenvalue weighted by Gasteiger charge is -2.23. The number of carboxylic acids is 1. The molecule has 6 nitrogen and oxygen atoms in total. The molecule has 0 atom stereocenters. The van der Waals surface area contributed by atoms with Crippen LogP contribution in [0.1, 0.15) is 11.4 Å². The standard InChI is InChI=1S/C17H22N4O2/c1-20(12-15-6-2-4-8-18-15)10-11-21(14-17(22)23)13-16-7-3-5-9-19-16/h2-9H,10-14H2,1H3,(H,22,23). The van der Waals surface area contributed by atoms with Crippen molar-refractivity contribution in [1.29, 1.82) is 0 Å². The molecule has 2 rings (SSSR count). The Morgan fingerprint density at radius 2 is 1.61 bits per heavy atom. The van der Waals surface area contributed by atoms with E-state index in [2.05, 4.69) is 14.9 Å². The van der Waals surface area contributed by atoms with Gasteiger partial charge in [0.25, 0.3) is 0 Å². The van der Waals surface area contributed by atoms with Crippen molar-refractivity contribution >= 4 is 5.97 Å². The molecular weight excluding hydrogens is 292 g/mol. The van der Waals surface area contributed by atoms with Crippen molar-refractivity contribution in [3.05, 3.63) is 60.2 Å². The van der Waals surface area contributed by atoms with Crippen molar-refractivity contribution in [3.8, 4) is 0 Å². The van der Waals surface area contributed by atoms with Crippen LogP contribution in [0.25, 0.3) is 0 Å². The van der Waals surface area contributed by atoms with Crippen LogP contribution in [0, 0.1) is 0 Å². The third kappa shape index (κ3) is 6.54. The molecule has 1 N–H and O–H groups in total. The molecule has 0 aliphatic heterocycles. The Hall–Kier alpha value is -2.31. The monoisotopic (exact) mass is 314 g/mol. The van der Waals surface area contributed by atoms with Gasteiger partial charge in [-0.2, -0.15) is 0 Å². The van der Waals surface area contributed by atoms with E-state index in [0.717, 1.165) is 24.5 Å². The van der Waals surface area contributed by atoms with Gasteiger partial charge in [0.15, 0.2) is 0 Å². The summed E-state index contributed by atoms with van der Waals surface area (Å²) < 4.78 is 0. The van der Waals surface area contributed by atoms with E-state index in [4.69, 9.17) is 5.11 Å². The topological polar surface area (TPSA) is 69.6 Å². The fourth-order valence-corrected chi connectivity index (χ4v) is 2.29. The first-order chi connectivity index (χ1) is 11.1. The molecule has 23 heavy (non-hydrogen) atoms. The molecule has 6 heteroatoms. The van der Waals surface area contributed by atoms with Crippen LogP contribution in [0.15, 0.2) is 48.8 Å². The van der Waals surface area contributed by atoms with Gasteiger partial charge in [-0.25, -0.2) is 0 Å². The van der Waals surface area contributed by atoms with E-state index in [-0.39, 0.29) is 6.54 Å². The van der Waals surface area contributed by atoms with Crippen molar-refractivity contribution < 1.29 is 9.90 Å². The van der Waals surface area contributed by atoms with E-state index in [1.165, 1.54) is 0 Å². The summed E-state index contributed by atoms with van der Waals surface area (Å²) in [5, 5.41) is 9.08. The van der Waals surface area contributed by atoms with Crippen molar-refractivity contribution in [1.82, 2.24) is 19.8 Å². The van der Waals surface area contributed by atoms with Gasteiger partial charge in [0.1, 0.15) is 0 Å². The second-order valence-corrected chi connectivity index (χ2v) is 5.48. The number of aliphatic carboxylic acids is 1. The summed E-state index contributed by atoms with van der Waals surface area (Å²) >= 11 is 0. The molecule has 0 fully saturated rings. The van der Waals surface area contributed by atoms with Gasteiger partial charge in [-0.1, -0.05) is 12.1 Å². The summed E-state index contributed by atoms with van der Waals surface area (Å²) in [7, 11) is 2.01. The molecule has 0 saturated heterocycles. The first-order valence-corrected chi connectivity index (χ1v) is 7.56. The summed E-state index contributed by atoms with van der Waals surface area (Å²) in [5.41, 5.74) is 1.88. The highest BCUT2D eigenvalue weighted by Gasteiger charge is 2.12. The van der Waals surface area contributed by atoms with Crippen LogP contribution in [0.2, 0.25) is 0 Å². The van der Waals surface area contributed by atoms with E-state index in [1.54, 1.807) is 12.4 Å². The van der Waals surface area contributed by atoms with Crippen molar-refractivity contribution in [2.24, 2.45) is 0 Å². The fourth-order valence-electron chi connectivity index (χ4n) is 2.29. The average Bonchev–Trinajstić information content (AvgIpc) is 2.54. The van der Waals surface area contributed by atoms with E-state index >= 15 is 0 Å². The van der Waals surface area contributed by atoms with Crippen LogP contribution in [-0.2, 0) is 17.9 Å². The number of hydrogen-bond donors (Lipinski definition) is 1. The SMILES string of the molecule is CN(CCN(CC(=O)O)Cc1ccccn1)Cc1ccccn1. The van der Waals surface area contributed by atoms with Crippen LogP contribution in [0.5, 0.6) is 0 Å². The van der Waals surface area contributed by atoms with Gasteiger partial charge < -0.3 is 5.11 Å². The average molecular weight is 314 g/mol. The Bertz CT molecular complexity index is 592. The third-order valence-corrected chi connectivity index (χ3v) is 3.43. The Labute approximate surface area is 136 Å². The van der Waals surface area contributed by atoms with Gasteiger partial charge in [-0.05, 0) is 31.3 Å². The molecule has 0 aromatic carbocycles. The molecule has 0 radical (unpaired) electrons. The fraction of sp³-hybridized carbons (Fsp3) is 0.353. The summed E-state index contributed by atoms with van der Waals surface area (Å²) in [5.74, 6) is -0.826. The predicted octanol–water partition coefficient (Wildman–Crippen LogP) is 1.50. The van der Waals surface area contributed by atoms with E-state index in [1.807, 2.05) is 48.3 Å². The number of likely N-dealkylation sites (N-methyl/N-ethyl adjacent to an activating group) is 1. The van der Waals surface area contributed by atoms with Crippen LogP contribution < -0.4 is 0 Å². The normalized spacial score (nSPS) is 11.1. The Morgan fingerprint density at radius 3 is 2.13 bits per heavy atom. The lowest BCUT2D eigenvalue weighted by molar-refractivity contribution is -0.138. The number of aromatic nitrogens is 2. The first kappa shape index (κ1) is 17.1. The lowest BCUT2D eigenvalue weighted by atomic mass is 10.3. The van der Waals surface area contributed by atoms with Crippen molar-refractivity contribution in [3.63, 3.8) is 0 Å². The van der Waals surface area contributed by atoms with Gasteiger partial charge in [-0.3, -0.25) is 24.6 Å². The van der Waals surface area contributed by atoms with E-state index < -0.39 is 5.97 Å². The lowest BCUT2D eigenvalue weighted by Crippen LogP contribution is -2.36. The van der Waals surface area contributed by atoms with E-state index in [0.29, 0.717) is 13.1 Å². The Balaban J connectivity index is 1.86. The maximum absolute atomic E-state index is 11.0. The Morgan fingerprint density at radius 1 is 1.00 bits per heavy atom. The largest absolute Gasteiger partial charge is 0.480 e. The smallest absolute Gasteiger partial charge is 0.317 e. The van der Waals surface area contributed by atoms with Crippen LogP contribution in [0.4, 0.5) is 0 Å². The molecule has 122 valence electrons. The predicted molar refractivity (Wildman–Crippen MR) is 87.7 cm³/mol. The highest BCUT2D eigenvalue weighted by Crippen LogP contribution is 2.03. The maximum atomic E-state index is 11.0. The molecule has 2 heterocycles. The molecule has 2 aromatic rings. The van der Waals surface area contributed by atoms with Crippen molar-refractivity contribution in [2.45, 2.75) is 13.1 Å². The summed E-state index contributed by atoms with van der Waals surface area (Å²) in [4.78, 5) is 23.6. The zero-order valence-electron chi connectivity index (χ0n) is 13.3. The zero-order chi connectivity index (χ0) is 16.5. The maximum Gasteiger partial charge on any atom is 0.317 e. The number of nitrogens with zero attached hydrogens (tertiary/aromatic N) is 4. The van der Waals surface area contributed by atoms with Gasteiger partial charge in [-0.15, -0.1) is 0 Å². The highest BCUT2D eigenvalue weighted by atomic mass is 16.4. The minimum Gasteiger partial charge on any atom is -0.480 e. The van der Waals surface area contributed by atoms with Gasteiger partial charge in [0, 0.05) is 38.6 Å². The minimum absolute atomic E-state index is 0.00794. The third-order valence-electron chi connectivity index (χ3n) is 3.43. The molecular formula is C17H22N4O2. The summed E-state index contributed by atoms with van der Waals surface area (Å²) in [6.07, 6.45) is 3.50. The van der Waals surface area contributed by atoms with E-state index in [9.17, 15) is 4.79 Å². The van der Waals surface area contributed by atoms with Crippen molar-refractivity contribution in [2.75, 3.05) is 26.7 Å². The van der Waals surface area contributed by atoms with Crippen LogP contribution >= 0.6 is 0 Å². The zero-order valence-corrected chi connectivity index (χ0v) is 13.3. The van der Waals surface area contributed by atoms with Gasteiger partial charge in [0.05, 0.1) is 17.9 Å². The number of pyridine rings is 2. The second-order valence-electron chi connectivity index (χ2n) is 5.48. The Kier molecular flexibility index (Phi) is 6.65. The van der Waals surface area contributed by atoms with Gasteiger partial charge >= 0.3 is 5.97 Å². The minimum atomic E-state index is -0.826. The quantitative estimate of drug-likeness (QED) is 0.756. The molecule has 0 amide bonds. The highest BCUT2D eigenvalue weighted by molar-refractivity contribution is 5.69. The van der Waals surface area contributed by atoms with Gasteiger partial charge in [0.2, 0.25) is 0 Å².